The molecule has 17 heavy (non-hydrogen) atoms. The van der Waals surface area contributed by atoms with E-state index in [1.807, 2.05) is 12.1 Å². The van der Waals surface area contributed by atoms with Gasteiger partial charge in [-0.05, 0) is 38.2 Å². The van der Waals surface area contributed by atoms with Crippen LogP contribution >= 0.6 is 0 Å². The highest BCUT2D eigenvalue weighted by atomic mass is 15.2. The normalized spacial score (nSPS) is 20.7. The molecule has 0 aromatic heterocycles. The van der Waals surface area contributed by atoms with Crippen molar-refractivity contribution in [1.29, 1.82) is 5.26 Å². The Labute approximate surface area is 103 Å². The molecule has 3 heteroatoms. The summed E-state index contributed by atoms with van der Waals surface area (Å²) in [6.45, 7) is 3.31. The zero-order valence-electron chi connectivity index (χ0n) is 10.6. The lowest BCUT2D eigenvalue weighted by Gasteiger charge is -2.20. The molecule has 0 N–H and O–H groups in total. The largest absolute Gasteiger partial charge is 0.305 e. The van der Waals surface area contributed by atoms with Crippen molar-refractivity contribution in [2.45, 2.75) is 19.0 Å². The number of likely N-dealkylation sites (N-methyl/N-ethyl adjacent to an activating group) is 1. The standard InChI is InChI=1S/C14H19N3/c1-16(2)14-7-8-17(11-14)10-13-5-3-12(9-15)4-6-13/h3-6,14H,7-8,10-11H2,1-2H3. The number of likely N-dealkylation sites (tertiary alicyclic amines) is 1. The van der Waals surface area contributed by atoms with Crippen LogP contribution in [0.5, 0.6) is 0 Å². The maximum atomic E-state index is 8.74. The molecule has 1 atom stereocenters. The molecule has 1 saturated heterocycles. The molecular formula is C14H19N3. The van der Waals surface area contributed by atoms with Crippen molar-refractivity contribution in [1.82, 2.24) is 9.80 Å². The summed E-state index contributed by atoms with van der Waals surface area (Å²) in [7, 11) is 4.30. The Morgan fingerprint density at radius 3 is 2.59 bits per heavy atom. The number of nitrogens with zero attached hydrogens (tertiary/aromatic N) is 3. The second-order valence-corrected chi connectivity index (χ2v) is 4.95. The molecule has 1 fully saturated rings. The van der Waals surface area contributed by atoms with E-state index in [0.29, 0.717) is 6.04 Å². The van der Waals surface area contributed by atoms with E-state index >= 15 is 0 Å². The van der Waals surface area contributed by atoms with Gasteiger partial charge in [0.15, 0.2) is 0 Å². The van der Waals surface area contributed by atoms with Gasteiger partial charge in [0.2, 0.25) is 0 Å². The lowest BCUT2D eigenvalue weighted by molar-refractivity contribution is 0.264. The van der Waals surface area contributed by atoms with Crippen molar-refractivity contribution >= 4 is 0 Å². The van der Waals surface area contributed by atoms with E-state index in [-0.39, 0.29) is 0 Å². The smallest absolute Gasteiger partial charge is 0.0991 e. The van der Waals surface area contributed by atoms with Crippen molar-refractivity contribution in [3.8, 4) is 6.07 Å². The van der Waals surface area contributed by atoms with Gasteiger partial charge in [0.25, 0.3) is 0 Å². The molecule has 0 bridgehead atoms. The van der Waals surface area contributed by atoms with Crippen LogP contribution in [-0.4, -0.2) is 43.0 Å². The van der Waals surface area contributed by atoms with Gasteiger partial charge in [0, 0.05) is 25.7 Å². The summed E-state index contributed by atoms with van der Waals surface area (Å²) in [5.41, 5.74) is 2.03. The monoisotopic (exact) mass is 229 g/mol. The zero-order chi connectivity index (χ0) is 12.3. The fraction of sp³-hybridized carbons (Fsp3) is 0.500. The summed E-state index contributed by atoms with van der Waals surface area (Å²) in [4.78, 5) is 4.78. The Hall–Kier alpha value is -1.37. The molecule has 3 nitrogen and oxygen atoms in total. The number of hydrogen-bond donors (Lipinski definition) is 0. The van der Waals surface area contributed by atoms with Crippen LogP contribution in [-0.2, 0) is 6.54 Å². The van der Waals surface area contributed by atoms with Crippen molar-refractivity contribution in [2.75, 3.05) is 27.2 Å². The average Bonchev–Trinajstić information content (AvgIpc) is 2.79. The van der Waals surface area contributed by atoms with Crippen molar-refractivity contribution in [2.24, 2.45) is 0 Å². The Bertz CT molecular complexity index is 402. The fourth-order valence-electron chi connectivity index (χ4n) is 2.32. The molecule has 1 aromatic rings. The molecule has 1 aromatic carbocycles. The lowest BCUT2D eigenvalue weighted by Crippen LogP contribution is -2.31. The maximum Gasteiger partial charge on any atom is 0.0991 e. The molecule has 1 unspecified atom stereocenters. The molecule has 0 radical (unpaired) electrons. The van der Waals surface area contributed by atoms with Gasteiger partial charge in [-0.3, -0.25) is 4.90 Å². The lowest BCUT2D eigenvalue weighted by atomic mass is 10.1. The molecule has 0 saturated carbocycles. The van der Waals surface area contributed by atoms with Crippen LogP contribution < -0.4 is 0 Å². The first kappa shape index (κ1) is 12.1. The quantitative estimate of drug-likeness (QED) is 0.790. The third kappa shape index (κ3) is 3.06. The van der Waals surface area contributed by atoms with Crippen LogP contribution in [0.2, 0.25) is 0 Å². The Balaban J connectivity index is 1.91. The Morgan fingerprint density at radius 2 is 2.06 bits per heavy atom. The first-order chi connectivity index (χ1) is 8.19. The maximum absolute atomic E-state index is 8.74. The summed E-state index contributed by atoms with van der Waals surface area (Å²) < 4.78 is 0. The van der Waals surface area contributed by atoms with Crippen LogP contribution in [0.25, 0.3) is 0 Å². The summed E-state index contributed by atoms with van der Waals surface area (Å²) in [5, 5.41) is 8.74. The molecule has 0 aliphatic carbocycles. The van der Waals surface area contributed by atoms with Crippen LogP contribution in [0, 0.1) is 11.3 Å². The van der Waals surface area contributed by atoms with Gasteiger partial charge in [0.1, 0.15) is 0 Å². The summed E-state index contributed by atoms with van der Waals surface area (Å²) in [6.07, 6.45) is 1.25. The summed E-state index contributed by atoms with van der Waals surface area (Å²) >= 11 is 0. The van der Waals surface area contributed by atoms with Crippen LogP contribution in [0.3, 0.4) is 0 Å². The van der Waals surface area contributed by atoms with Crippen molar-refractivity contribution in [3.63, 3.8) is 0 Å². The molecule has 1 aliphatic rings. The third-order valence-corrected chi connectivity index (χ3v) is 3.47. The zero-order valence-corrected chi connectivity index (χ0v) is 10.6. The van der Waals surface area contributed by atoms with Crippen LogP contribution in [0.1, 0.15) is 17.5 Å². The fourth-order valence-corrected chi connectivity index (χ4v) is 2.32. The van der Waals surface area contributed by atoms with Gasteiger partial charge < -0.3 is 4.90 Å². The summed E-state index contributed by atoms with van der Waals surface area (Å²) in [5.74, 6) is 0. The molecule has 2 rings (SSSR count). The van der Waals surface area contributed by atoms with E-state index < -0.39 is 0 Å². The highest BCUT2D eigenvalue weighted by Crippen LogP contribution is 2.16. The molecule has 90 valence electrons. The second kappa shape index (κ2) is 5.31. The second-order valence-electron chi connectivity index (χ2n) is 4.95. The molecule has 1 heterocycles. The van der Waals surface area contributed by atoms with Crippen LogP contribution in [0.4, 0.5) is 0 Å². The molecule has 0 spiro atoms. The van der Waals surface area contributed by atoms with Gasteiger partial charge in [-0.2, -0.15) is 5.26 Å². The summed E-state index contributed by atoms with van der Waals surface area (Å²) in [6, 6.07) is 10.7. The minimum Gasteiger partial charge on any atom is -0.305 e. The number of rotatable bonds is 3. The topological polar surface area (TPSA) is 30.3 Å². The van der Waals surface area contributed by atoms with Gasteiger partial charge in [-0.15, -0.1) is 0 Å². The highest BCUT2D eigenvalue weighted by molar-refractivity contribution is 5.31. The predicted octanol–water partition coefficient (Wildman–Crippen LogP) is 1.69. The number of nitriles is 1. The van der Waals surface area contributed by atoms with Crippen molar-refractivity contribution in [3.05, 3.63) is 35.4 Å². The Morgan fingerprint density at radius 1 is 1.35 bits per heavy atom. The van der Waals surface area contributed by atoms with Crippen LogP contribution in [0.15, 0.2) is 24.3 Å². The molecule has 0 amide bonds. The molecule has 1 aliphatic heterocycles. The first-order valence-electron chi connectivity index (χ1n) is 6.07. The van der Waals surface area contributed by atoms with Gasteiger partial charge in [-0.1, -0.05) is 12.1 Å². The van der Waals surface area contributed by atoms with E-state index in [1.54, 1.807) is 0 Å². The number of hydrogen-bond acceptors (Lipinski definition) is 3. The van der Waals surface area contributed by atoms with E-state index in [1.165, 1.54) is 18.5 Å². The van der Waals surface area contributed by atoms with E-state index in [9.17, 15) is 0 Å². The average molecular weight is 229 g/mol. The van der Waals surface area contributed by atoms with E-state index in [0.717, 1.165) is 18.7 Å². The SMILES string of the molecule is CN(C)C1CCN(Cc2ccc(C#N)cc2)C1. The Kier molecular flexibility index (Phi) is 3.78. The minimum atomic E-state index is 0.688. The number of benzene rings is 1. The minimum absolute atomic E-state index is 0.688. The third-order valence-electron chi connectivity index (χ3n) is 3.47. The van der Waals surface area contributed by atoms with Gasteiger partial charge in [0.05, 0.1) is 11.6 Å². The van der Waals surface area contributed by atoms with Gasteiger partial charge >= 0.3 is 0 Å². The predicted molar refractivity (Wildman–Crippen MR) is 68.5 cm³/mol. The van der Waals surface area contributed by atoms with E-state index in [2.05, 4.69) is 42.1 Å². The molecular weight excluding hydrogens is 210 g/mol. The highest BCUT2D eigenvalue weighted by Gasteiger charge is 2.23. The van der Waals surface area contributed by atoms with E-state index in [4.69, 9.17) is 5.26 Å². The first-order valence-corrected chi connectivity index (χ1v) is 6.07. The van der Waals surface area contributed by atoms with Gasteiger partial charge in [-0.25, -0.2) is 0 Å². The van der Waals surface area contributed by atoms with Crippen molar-refractivity contribution < 1.29 is 0 Å².